The van der Waals surface area contributed by atoms with E-state index in [2.05, 4.69) is 10.6 Å². The lowest BCUT2D eigenvalue weighted by Gasteiger charge is -2.18. The maximum absolute atomic E-state index is 12.1. The van der Waals surface area contributed by atoms with Crippen molar-refractivity contribution in [3.05, 3.63) is 29.8 Å². The molecule has 0 bridgehead atoms. The van der Waals surface area contributed by atoms with E-state index in [4.69, 9.17) is 4.74 Å². The van der Waals surface area contributed by atoms with Gasteiger partial charge >= 0.3 is 0 Å². The van der Waals surface area contributed by atoms with Crippen LogP contribution in [0.25, 0.3) is 0 Å². The molecule has 1 aromatic carbocycles. The van der Waals surface area contributed by atoms with Gasteiger partial charge in [0.25, 0.3) is 11.8 Å². The zero-order chi connectivity index (χ0) is 17.9. The predicted molar refractivity (Wildman–Crippen MR) is 94.2 cm³/mol. The molecule has 0 saturated heterocycles. The van der Waals surface area contributed by atoms with E-state index in [1.807, 2.05) is 45.0 Å². The minimum Gasteiger partial charge on any atom is -0.496 e. The number of rotatable bonds is 10. The van der Waals surface area contributed by atoms with Crippen LogP contribution in [0.3, 0.4) is 0 Å². The van der Waals surface area contributed by atoms with Crippen LogP contribution in [-0.4, -0.2) is 51.1 Å². The molecule has 0 spiro atoms. The minimum atomic E-state index is -0.0425. The van der Waals surface area contributed by atoms with Crippen LogP contribution in [0.1, 0.15) is 26.3 Å². The summed E-state index contributed by atoms with van der Waals surface area (Å²) in [6.07, 6.45) is 0.713. The summed E-state index contributed by atoms with van der Waals surface area (Å²) in [5, 5.41) is 5.77. The van der Waals surface area contributed by atoms with Crippen molar-refractivity contribution in [1.29, 1.82) is 0 Å². The number of para-hydroxylation sites is 1. The van der Waals surface area contributed by atoms with Gasteiger partial charge in [0.2, 0.25) is 0 Å². The van der Waals surface area contributed by atoms with E-state index in [0.717, 1.165) is 22.8 Å². The van der Waals surface area contributed by atoms with Crippen LogP contribution in [0.4, 0.5) is 0 Å². The normalized spacial score (nSPS) is 11.9. The van der Waals surface area contributed by atoms with Crippen molar-refractivity contribution in [3.63, 3.8) is 0 Å². The third-order valence-corrected chi connectivity index (χ3v) is 3.68. The smallest absolute Gasteiger partial charge is 0.275 e. The monoisotopic (exact) mass is 336 g/mol. The number of likely N-dealkylation sites (N-methyl/N-ethyl adjacent to an activating group) is 1. The Balaban J connectivity index is 2.37. The second-order valence-electron chi connectivity index (χ2n) is 6.09. The molecule has 1 aromatic rings. The third-order valence-electron chi connectivity index (χ3n) is 3.68. The van der Waals surface area contributed by atoms with Crippen molar-refractivity contribution in [3.8, 4) is 5.75 Å². The number of nitrogens with one attached hydrogen (secondary N) is 3. The number of hydrogen-bond donors (Lipinski definition) is 3. The van der Waals surface area contributed by atoms with Gasteiger partial charge < -0.3 is 20.3 Å². The first-order valence-electron chi connectivity index (χ1n) is 8.47. The van der Waals surface area contributed by atoms with Crippen molar-refractivity contribution in [2.45, 2.75) is 33.2 Å². The van der Waals surface area contributed by atoms with Crippen molar-refractivity contribution in [2.75, 3.05) is 33.3 Å². The van der Waals surface area contributed by atoms with E-state index in [1.54, 1.807) is 7.11 Å². The Kier molecular flexibility index (Phi) is 8.86. The summed E-state index contributed by atoms with van der Waals surface area (Å²) < 4.78 is 5.30. The molecule has 3 N–H and O–H groups in total. The van der Waals surface area contributed by atoms with Gasteiger partial charge in [0.15, 0.2) is 13.1 Å². The van der Waals surface area contributed by atoms with Gasteiger partial charge in [-0.15, -0.1) is 0 Å². The Hall–Kier alpha value is -2.08. The molecule has 0 heterocycles. The van der Waals surface area contributed by atoms with E-state index >= 15 is 0 Å². The molecule has 0 radical (unpaired) electrons. The van der Waals surface area contributed by atoms with Crippen LogP contribution in [0.5, 0.6) is 5.75 Å². The quantitative estimate of drug-likeness (QED) is 0.553. The second-order valence-corrected chi connectivity index (χ2v) is 6.09. The van der Waals surface area contributed by atoms with Gasteiger partial charge in [-0.1, -0.05) is 18.2 Å². The van der Waals surface area contributed by atoms with Crippen molar-refractivity contribution < 1.29 is 19.2 Å². The molecule has 1 rings (SSSR count). The Morgan fingerprint density at radius 2 is 1.83 bits per heavy atom. The van der Waals surface area contributed by atoms with Gasteiger partial charge in [-0.05, 0) is 38.8 Å². The molecule has 134 valence electrons. The zero-order valence-corrected chi connectivity index (χ0v) is 15.1. The summed E-state index contributed by atoms with van der Waals surface area (Å²) in [7, 11) is 1.64. The Bertz CT molecular complexity index is 532. The lowest BCUT2D eigenvalue weighted by Crippen LogP contribution is -3.14. The predicted octanol–water partition coefficient (Wildman–Crippen LogP) is -0.217. The highest BCUT2D eigenvalue weighted by Gasteiger charge is 2.16. The second kappa shape index (κ2) is 10.6. The lowest BCUT2D eigenvalue weighted by atomic mass is 10.1. The summed E-state index contributed by atoms with van der Waals surface area (Å²) in [6, 6.07) is 7.89. The van der Waals surface area contributed by atoms with Gasteiger partial charge in [0.05, 0.1) is 13.7 Å². The number of hydrogen-bond acceptors (Lipinski definition) is 3. The molecular weight excluding hydrogens is 306 g/mol. The number of quaternary nitrogens is 1. The SMILES string of the molecule is CC[NH+](CC(=O)NCCc1ccccc1OC)CC(=O)NC(C)C. The van der Waals surface area contributed by atoms with Gasteiger partial charge in [-0.25, -0.2) is 0 Å². The minimum absolute atomic E-state index is 0.0244. The van der Waals surface area contributed by atoms with E-state index in [-0.39, 0.29) is 17.9 Å². The van der Waals surface area contributed by atoms with Gasteiger partial charge in [-0.3, -0.25) is 9.59 Å². The van der Waals surface area contributed by atoms with E-state index in [9.17, 15) is 9.59 Å². The fourth-order valence-electron chi connectivity index (χ4n) is 2.45. The summed E-state index contributed by atoms with van der Waals surface area (Å²) in [6.45, 7) is 7.71. The highest BCUT2D eigenvalue weighted by atomic mass is 16.5. The summed E-state index contributed by atoms with van der Waals surface area (Å²) in [5.41, 5.74) is 1.07. The molecule has 0 aliphatic rings. The maximum atomic E-state index is 12.1. The van der Waals surface area contributed by atoms with Crippen LogP contribution in [0, 0.1) is 0 Å². The van der Waals surface area contributed by atoms with Crippen molar-refractivity contribution >= 4 is 11.8 Å². The van der Waals surface area contributed by atoms with E-state index in [1.165, 1.54) is 0 Å². The Morgan fingerprint density at radius 1 is 1.17 bits per heavy atom. The van der Waals surface area contributed by atoms with Crippen molar-refractivity contribution in [2.24, 2.45) is 0 Å². The zero-order valence-electron chi connectivity index (χ0n) is 15.1. The molecule has 0 saturated carbocycles. The van der Waals surface area contributed by atoms with E-state index < -0.39 is 0 Å². The largest absolute Gasteiger partial charge is 0.496 e. The number of benzene rings is 1. The molecule has 6 heteroatoms. The topological polar surface area (TPSA) is 71.9 Å². The highest BCUT2D eigenvalue weighted by molar-refractivity contribution is 5.79. The standard InChI is InChI=1S/C18H29N3O3/c1-5-21(13-18(23)20-14(2)3)12-17(22)19-11-10-15-8-6-7-9-16(15)24-4/h6-9,14H,5,10-13H2,1-4H3,(H,19,22)(H,20,23)/p+1. The summed E-state index contributed by atoms with van der Waals surface area (Å²) in [4.78, 5) is 24.8. The summed E-state index contributed by atoms with van der Waals surface area (Å²) in [5.74, 6) is 0.765. The Labute approximate surface area is 144 Å². The summed E-state index contributed by atoms with van der Waals surface area (Å²) >= 11 is 0. The molecule has 6 nitrogen and oxygen atoms in total. The van der Waals surface area contributed by atoms with Crippen LogP contribution >= 0.6 is 0 Å². The first kappa shape index (κ1) is 20.0. The van der Waals surface area contributed by atoms with Crippen LogP contribution in [0.15, 0.2) is 24.3 Å². The number of carbonyl (C=O) groups is 2. The molecule has 0 aliphatic heterocycles. The lowest BCUT2D eigenvalue weighted by molar-refractivity contribution is -0.881. The van der Waals surface area contributed by atoms with Crippen LogP contribution < -0.4 is 20.3 Å². The first-order chi connectivity index (χ1) is 11.5. The molecule has 24 heavy (non-hydrogen) atoms. The molecule has 2 amide bonds. The third kappa shape index (κ3) is 7.46. The van der Waals surface area contributed by atoms with Gasteiger partial charge in [0, 0.05) is 12.6 Å². The number of methoxy groups -OCH3 is 1. The fraction of sp³-hybridized carbons (Fsp3) is 0.556. The molecule has 0 fully saturated rings. The molecular formula is C18H30N3O3+. The number of carbonyl (C=O) groups excluding carboxylic acids is 2. The van der Waals surface area contributed by atoms with Crippen LogP contribution in [-0.2, 0) is 16.0 Å². The van der Waals surface area contributed by atoms with Crippen molar-refractivity contribution in [1.82, 2.24) is 10.6 Å². The average molecular weight is 336 g/mol. The first-order valence-corrected chi connectivity index (χ1v) is 8.47. The van der Waals surface area contributed by atoms with Gasteiger partial charge in [-0.2, -0.15) is 0 Å². The van der Waals surface area contributed by atoms with Crippen LogP contribution in [0.2, 0.25) is 0 Å². The molecule has 1 unspecified atom stereocenters. The maximum Gasteiger partial charge on any atom is 0.275 e. The number of ether oxygens (including phenoxy) is 1. The Morgan fingerprint density at radius 3 is 2.46 bits per heavy atom. The molecule has 1 atom stereocenters. The van der Waals surface area contributed by atoms with E-state index in [0.29, 0.717) is 26.1 Å². The van der Waals surface area contributed by atoms with Gasteiger partial charge in [0.1, 0.15) is 5.75 Å². The number of amides is 2. The average Bonchev–Trinajstić information content (AvgIpc) is 2.53. The fourth-order valence-corrected chi connectivity index (χ4v) is 2.45. The highest BCUT2D eigenvalue weighted by Crippen LogP contribution is 2.16. The molecule has 0 aromatic heterocycles. The molecule has 0 aliphatic carbocycles.